The van der Waals surface area contributed by atoms with E-state index in [0.29, 0.717) is 19.0 Å². The highest BCUT2D eigenvalue weighted by molar-refractivity contribution is 5.86. The van der Waals surface area contributed by atoms with E-state index in [1.807, 2.05) is 48.5 Å². The zero-order chi connectivity index (χ0) is 21.8. The van der Waals surface area contributed by atoms with Crippen molar-refractivity contribution >= 4 is 16.7 Å². The first-order valence-corrected chi connectivity index (χ1v) is 10.3. The van der Waals surface area contributed by atoms with Crippen molar-refractivity contribution in [3.8, 4) is 22.5 Å². The van der Waals surface area contributed by atoms with Crippen LogP contribution in [-0.2, 0) is 6.54 Å². The van der Waals surface area contributed by atoms with Gasteiger partial charge in [-0.3, -0.25) is 4.79 Å². The van der Waals surface area contributed by atoms with E-state index in [-0.39, 0.29) is 5.56 Å². The molecule has 5 aromatic rings. The fourth-order valence-electron chi connectivity index (χ4n) is 3.51. The summed E-state index contributed by atoms with van der Waals surface area (Å²) in [6.07, 6.45) is 1.64. The zero-order valence-electron chi connectivity index (χ0n) is 17.2. The molecule has 0 spiro atoms. The molecule has 2 heterocycles. The minimum Gasteiger partial charge on any atom is -0.351 e. The van der Waals surface area contributed by atoms with Crippen LogP contribution < -0.4 is 10.9 Å². The molecule has 0 fully saturated rings. The maximum atomic E-state index is 12.2. The molecule has 0 unspecified atom stereocenters. The number of nitrogens with one attached hydrogen (secondary N) is 1. The van der Waals surface area contributed by atoms with Gasteiger partial charge in [0.1, 0.15) is 0 Å². The van der Waals surface area contributed by atoms with Gasteiger partial charge in [0.05, 0.1) is 24.1 Å². The first-order chi connectivity index (χ1) is 15.8. The lowest BCUT2D eigenvalue weighted by Gasteiger charge is -2.09. The third-order valence-electron chi connectivity index (χ3n) is 5.15. The summed E-state index contributed by atoms with van der Waals surface area (Å²) in [7, 11) is 0. The molecule has 1 N–H and O–H groups in total. The van der Waals surface area contributed by atoms with Gasteiger partial charge in [0.2, 0.25) is 5.95 Å². The van der Waals surface area contributed by atoms with Crippen molar-refractivity contribution < 1.29 is 0 Å². The molecule has 7 heteroatoms. The molecule has 0 aliphatic heterocycles. The van der Waals surface area contributed by atoms with Crippen molar-refractivity contribution in [1.82, 2.24) is 25.0 Å². The SMILES string of the molecule is O=c1ccc(-c2ccccc2)nn1CCNc1nncc(-c2ccc3ccccc3c2)n1. The summed E-state index contributed by atoms with van der Waals surface area (Å²) in [6.45, 7) is 0.817. The van der Waals surface area contributed by atoms with E-state index in [9.17, 15) is 4.79 Å². The number of fused-ring (bicyclic) bond motifs is 1. The van der Waals surface area contributed by atoms with Crippen LogP contribution in [0.5, 0.6) is 0 Å². The topological polar surface area (TPSA) is 85.6 Å². The van der Waals surface area contributed by atoms with E-state index in [4.69, 9.17) is 0 Å². The predicted molar refractivity (Wildman–Crippen MR) is 125 cm³/mol. The molecule has 0 radical (unpaired) electrons. The number of nitrogens with zero attached hydrogens (tertiary/aromatic N) is 5. The summed E-state index contributed by atoms with van der Waals surface area (Å²) >= 11 is 0. The Labute approximate surface area is 184 Å². The van der Waals surface area contributed by atoms with Gasteiger partial charge in [-0.05, 0) is 22.9 Å². The van der Waals surface area contributed by atoms with Gasteiger partial charge < -0.3 is 5.32 Å². The molecule has 7 nitrogen and oxygen atoms in total. The smallest absolute Gasteiger partial charge is 0.266 e. The van der Waals surface area contributed by atoms with Crippen LogP contribution in [0.2, 0.25) is 0 Å². The Morgan fingerprint density at radius 2 is 1.59 bits per heavy atom. The summed E-state index contributed by atoms with van der Waals surface area (Å²) in [5.74, 6) is 0.405. The minimum absolute atomic E-state index is 0.157. The third kappa shape index (κ3) is 4.22. The average molecular weight is 420 g/mol. The Hall–Kier alpha value is -4.39. The van der Waals surface area contributed by atoms with E-state index < -0.39 is 0 Å². The van der Waals surface area contributed by atoms with Crippen molar-refractivity contribution in [1.29, 1.82) is 0 Å². The largest absolute Gasteiger partial charge is 0.351 e. The lowest BCUT2D eigenvalue weighted by atomic mass is 10.1. The molecule has 0 saturated carbocycles. The Morgan fingerprint density at radius 1 is 0.781 bits per heavy atom. The van der Waals surface area contributed by atoms with Gasteiger partial charge in [0.25, 0.3) is 5.56 Å². The second-order valence-corrected chi connectivity index (χ2v) is 7.30. The van der Waals surface area contributed by atoms with Gasteiger partial charge in [-0.2, -0.15) is 10.2 Å². The molecule has 0 bridgehead atoms. The molecule has 156 valence electrons. The van der Waals surface area contributed by atoms with Crippen molar-refractivity contribution in [3.63, 3.8) is 0 Å². The molecule has 32 heavy (non-hydrogen) atoms. The molecule has 0 aliphatic rings. The Balaban J connectivity index is 1.30. The average Bonchev–Trinajstić information content (AvgIpc) is 2.85. The Bertz CT molecular complexity index is 1430. The molecule has 0 aliphatic carbocycles. The van der Waals surface area contributed by atoms with E-state index in [1.165, 1.54) is 16.1 Å². The van der Waals surface area contributed by atoms with Crippen molar-refractivity contribution in [2.45, 2.75) is 6.54 Å². The molecule has 3 aromatic carbocycles. The standard InChI is InChI=1S/C25H20N6O/c32-24-13-12-22(19-7-2-1-3-8-19)30-31(24)15-14-26-25-28-23(17-27-29-25)21-11-10-18-6-4-5-9-20(18)16-21/h1-13,16-17H,14-15H2,(H,26,28,29). The lowest BCUT2D eigenvalue weighted by Crippen LogP contribution is -2.26. The van der Waals surface area contributed by atoms with Crippen LogP contribution in [0.25, 0.3) is 33.3 Å². The highest BCUT2D eigenvalue weighted by Gasteiger charge is 2.06. The lowest BCUT2D eigenvalue weighted by molar-refractivity contribution is 0.599. The monoisotopic (exact) mass is 420 g/mol. The molecular weight excluding hydrogens is 400 g/mol. The number of hydrogen-bond acceptors (Lipinski definition) is 6. The quantitative estimate of drug-likeness (QED) is 0.446. The second kappa shape index (κ2) is 8.77. The van der Waals surface area contributed by atoms with Gasteiger partial charge in [-0.1, -0.05) is 66.7 Å². The molecule has 0 amide bonds. The van der Waals surface area contributed by atoms with Crippen LogP contribution in [0.4, 0.5) is 5.95 Å². The minimum atomic E-state index is -0.157. The maximum absolute atomic E-state index is 12.2. The Morgan fingerprint density at radius 3 is 2.47 bits per heavy atom. The van der Waals surface area contributed by atoms with Crippen LogP contribution in [0, 0.1) is 0 Å². The highest BCUT2D eigenvalue weighted by Crippen LogP contribution is 2.23. The van der Waals surface area contributed by atoms with E-state index in [2.05, 4.69) is 49.9 Å². The van der Waals surface area contributed by atoms with Crippen LogP contribution in [0.15, 0.2) is 95.9 Å². The summed E-state index contributed by atoms with van der Waals surface area (Å²) in [5, 5.41) is 18.1. The van der Waals surface area contributed by atoms with E-state index in [0.717, 1.165) is 27.9 Å². The number of hydrogen-bond donors (Lipinski definition) is 1. The molecule has 0 saturated heterocycles. The van der Waals surface area contributed by atoms with Crippen LogP contribution >= 0.6 is 0 Å². The van der Waals surface area contributed by atoms with Gasteiger partial charge in [0.15, 0.2) is 0 Å². The summed E-state index contributed by atoms with van der Waals surface area (Å²) in [5.41, 5.74) is 3.26. The first kappa shape index (κ1) is 19.6. The van der Waals surface area contributed by atoms with Crippen molar-refractivity contribution in [2.24, 2.45) is 0 Å². The summed E-state index contributed by atoms with van der Waals surface area (Å²) in [6, 6.07) is 27.4. The van der Waals surface area contributed by atoms with Gasteiger partial charge in [0, 0.05) is 23.7 Å². The van der Waals surface area contributed by atoms with Gasteiger partial charge in [-0.15, -0.1) is 5.10 Å². The van der Waals surface area contributed by atoms with Crippen molar-refractivity contribution in [2.75, 3.05) is 11.9 Å². The van der Waals surface area contributed by atoms with Crippen LogP contribution in [-0.4, -0.2) is 31.5 Å². The fraction of sp³-hybridized carbons (Fsp3) is 0.0800. The zero-order valence-corrected chi connectivity index (χ0v) is 17.2. The summed E-state index contributed by atoms with van der Waals surface area (Å²) in [4.78, 5) is 16.8. The second-order valence-electron chi connectivity index (χ2n) is 7.30. The molecule has 0 atom stereocenters. The number of anilines is 1. The predicted octanol–water partition coefficient (Wildman–Crippen LogP) is 4.03. The number of benzene rings is 3. The highest BCUT2D eigenvalue weighted by atomic mass is 16.1. The van der Waals surface area contributed by atoms with Crippen molar-refractivity contribution in [3.05, 3.63) is 101 Å². The Kier molecular flexibility index (Phi) is 5.36. The first-order valence-electron chi connectivity index (χ1n) is 10.3. The fourth-order valence-corrected chi connectivity index (χ4v) is 3.51. The van der Waals surface area contributed by atoms with E-state index in [1.54, 1.807) is 12.3 Å². The van der Waals surface area contributed by atoms with Crippen LogP contribution in [0.3, 0.4) is 0 Å². The van der Waals surface area contributed by atoms with Gasteiger partial charge in [-0.25, -0.2) is 9.67 Å². The molecular formula is C25H20N6O. The third-order valence-corrected chi connectivity index (χ3v) is 5.15. The maximum Gasteiger partial charge on any atom is 0.266 e. The van der Waals surface area contributed by atoms with Crippen LogP contribution in [0.1, 0.15) is 0 Å². The van der Waals surface area contributed by atoms with E-state index >= 15 is 0 Å². The normalized spacial score (nSPS) is 10.9. The number of aromatic nitrogens is 5. The number of rotatable bonds is 6. The molecule has 5 rings (SSSR count). The molecule has 2 aromatic heterocycles. The summed E-state index contributed by atoms with van der Waals surface area (Å²) < 4.78 is 1.44. The van der Waals surface area contributed by atoms with Gasteiger partial charge >= 0.3 is 0 Å².